The lowest BCUT2D eigenvalue weighted by molar-refractivity contribution is 0.0718. The number of amides is 2. The van der Waals surface area contributed by atoms with Gasteiger partial charge >= 0.3 is 0 Å². The lowest BCUT2D eigenvalue weighted by Crippen LogP contribution is -2.36. The maximum atomic E-state index is 12.5. The molecular weight excluding hydrogens is 314 g/mol. The van der Waals surface area contributed by atoms with E-state index in [2.05, 4.69) is 10.3 Å². The Morgan fingerprint density at radius 3 is 2.40 bits per heavy atom. The third-order valence-electron chi connectivity index (χ3n) is 4.61. The van der Waals surface area contributed by atoms with Gasteiger partial charge in [-0.2, -0.15) is 0 Å². The van der Waals surface area contributed by atoms with Crippen LogP contribution in [0.5, 0.6) is 0 Å². The molecule has 25 heavy (non-hydrogen) atoms. The smallest absolute Gasteiger partial charge is 0.274 e. The quantitative estimate of drug-likeness (QED) is 0.931. The Morgan fingerprint density at radius 1 is 0.960 bits per heavy atom. The van der Waals surface area contributed by atoms with Crippen LogP contribution in [0.15, 0.2) is 36.4 Å². The van der Waals surface area contributed by atoms with E-state index in [1.54, 1.807) is 18.2 Å². The third-order valence-corrected chi connectivity index (χ3v) is 4.61. The molecule has 1 saturated heterocycles. The lowest BCUT2D eigenvalue weighted by Gasteiger charge is -2.26. The van der Waals surface area contributed by atoms with Crippen molar-refractivity contribution in [1.29, 1.82) is 0 Å². The number of aryl methyl sites for hydroxylation is 2. The van der Waals surface area contributed by atoms with Gasteiger partial charge in [-0.1, -0.05) is 12.1 Å². The zero-order valence-electron chi connectivity index (χ0n) is 14.7. The molecule has 0 spiro atoms. The van der Waals surface area contributed by atoms with E-state index in [1.165, 1.54) is 5.56 Å². The molecule has 1 aromatic heterocycles. The standard InChI is InChI=1S/C20H23N3O2/c1-14-9-10-16(13-15(14)2)21-19(24)17-7-6-8-18(22-17)20(25)23-11-4-3-5-12-23/h6-10,13H,3-5,11-12H2,1-2H3,(H,21,24). The molecule has 0 atom stereocenters. The molecule has 5 heteroatoms. The Labute approximate surface area is 148 Å². The second kappa shape index (κ2) is 7.47. The summed E-state index contributed by atoms with van der Waals surface area (Å²) in [7, 11) is 0. The largest absolute Gasteiger partial charge is 0.337 e. The van der Waals surface area contributed by atoms with E-state index in [4.69, 9.17) is 0 Å². The number of carbonyl (C=O) groups excluding carboxylic acids is 2. The number of benzene rings is 1. The van der Waals surface area contributed by atoms with E-state index in [0.717, 1.165) is 43.6 Å². The van der Waals surface area contributed by atoms with Crippen molar-refractivity contribution in [1.82, 2.24) is 9.88 Å². The van der Waals surface area contributed by atoms with Crippen LogP contribution in [0.2, 0.25) is 0 Å². The fraction of sp³-hybridized carbons (Fsp3) is 0.350. The van der Waals surface area contributed by atoms with Gasteiger partial charge < -0.3 is 10.2 Å². The highest BCUT2D eigenvalue weighted by molar-refractivity contribution is 6.03. The predicted molar refractivity (Wildman–Crippen MR) is 97.9 cm³/mol. The van der Waals surface area contributed by atoms with Crippen molar-refractivity contribution in [2.45, 2.75) is 33.1 Å². The highest BCUT2D eigenvalue weighted by Crippen LogP contribution is 2.16. The van der Waals surface area contributed by atoms with Gasteiger partial charge in [0.1, 0.15) is 11.4 Å². The average Bonchev–Trinajstić information content (AvgIpc) is 2.65. The number of nitrogens with zero attached hydrogens (tertiary/aromatic N) is 2. The molecule has 2 amide bonds. The first-order valence-corrected chi connectivity index (χ1v) is 8.69. The first-order chi connectivity index (χ1) is 12.0. The predicted octanol–water partition coefficient (Wildman–Crippen LogP) is 3.58. The minimum absolute atomic E-state index is 0.0967. The second-order valence-electron chi connectivity index (χ2n) is 6.51. The summed E-state index contributed by atoms with van der Waals surface area (Å²) >= 11 is 0. The van der Waals surface area contributed by atoms with E-state index >= 15 is 0 Å². The molecule has 0 radical (unpaired) electrons. The van der Waals surface area contributed by atoms with Crippen LogP contribution in [0.25, 0.3) is 0 Å². The number of aromatic nitrogens is 1. The molecule has 0 aliphatic carbocycles. The molecule has 1 aliphatic heterocycles. The molecule has 0 unspecified atom stereocenters. The van der Waals surface area contributed by atoms with Crippen molar-refractivity contribution in [2.24, 2.45) is 0 Å². The van der Waals surface area contributed by atoms with Gasteiger partial charge in [0.05, 0.1) is 0 Å². The second-order valence-corrected chi connectivity index (χ2v) is 6.51. The van der Waals surface area contributed by atoms with Gasteiger partial charge in [0.2, 0.25) is 0 Å². The van der Waals surface area contributed by atoms with Crippen LogP contribution in [0.1, 0.15) is 51.4 Å². The molecule has 2 aromatic rings. The maximum absolute atomic E-state index is 12.5. The molecule has 0 bridgehead atoms. The molecule has 5 nitrogen and oxygen atoms in total. The van der Waals surface area contributed by atoms with Crippen LogP contribution < -0.4 is 5.32 Å². The van der Waals surface area contributed by atoms with Gasteiger partial charge in [-0.15, -0.1) is 0 Å². The zero-order chi connectivity index (χ0) is 17.8. The summed E-state index contributed by atoms with van der Waals surface area (Å²) in [5.41, 5.74) is 3.59. The van der Waals surface area contributed by atoms with Crippen LogP contribution in [0.4, 0.5) is 5.69 Å². The molecule has 1 aromatic carbocycles. The summed E-state index contributed by atoms with van der Waals surface area (Å²) in [6.45, 7) is 5.55. The van der Waals surface area contributed by atoms with Crippen molar-refractivity contribution in [2.75, 3.05) is 18.4 Å². The average molecular weight is 337 g/mol. The van der Waals surface area contributed by atoms with Crippen LogP contribution in [-0.2, 0) is 0 Å². The number of pyridine rings is 1. The first-order valence-electron chi connectivity index (χ1n) is 8.69. The van der Waals surface area contributed by atoms with Crippen LogP contribution >= 0.6 is 0 Å². The van der Waals surface area contributed by atoms with Gasteiger partial charge in [-0.3, -0.25) is 9.59 Å². The Kier molecular flexibility index (Phi) is 5.12. The van der Waals surface area contributed by atoms with Crippen molar-refractivity contribution >= 4 is 17.5 Å². The van der Waals surface area contributed by atoms with E-state index in [-0.39, 0.29) is 17.5 Å². The Morgan fingerprint density at radius 2 is 1.68 bits per heavy atom. The minimum Gasteiger partial charge on any atom is -0.337 e. The molecule has 2 heterocycles. The van der Waals surface area contributed by atoms with E-state index in [9.17, 15) is 9.59 Å². The summed E-state index contributed by atoms with van der Waals surface area (Å²) in [5.74, 6) is -0.405. The SMILES string of the molecule is Cc1ccc(NC(=O)c2cccc(C(=O)N3CCCCC3)n2)cc1C. The zero-order valence-corrected chi connectivity index (χ0v) is 14.7. The van der Waals surface area contributed by atoms with Gasteiger partial charge in [-0.25, -0.2) is 4.98 Å². The normalized spacial score (nSPS) is 14.2. The highest BCUT2D eigenvalue weighted by Gasteiger charge is 2.20. The minimum atomic E-state index is -0.309. The van der Waals surface area contributed by atoms with E-state index in [1.807, 2.05) is 36.9 Å². The van der Waals surface area contributed by atoms with Gasteiger partial charge in [-0.05, 0) is 68.5 Å². The topological polar surface area (TPSA) is 62.3 Å². The summed E-state index contributed by atoms with van der Waals surface area (Å²) in [6, 6.07) is 10.8. The number of anilines is 1. The number of piperidine rings is 1. The summed E-state index contributed by atoms with van der Waals surface area (Å²) < 4.78 is 0. The number of nitrogens with one attached hydrogen (secondary N) is 1. The summed E-state index contributed by atoms with van der Waals surface area (Å²) in [4.78, 5) is 31.1. The van der Waals surface area contributed by atoms with E-state index < -0.39 is 0 Å². The summed E-state index contributed by atoms with van der Waals surface area (Å²) in [6.07, 6.45) is 3.22. The Hall–Kier alpha value is -2.69. The van der Waals surface area contributed by atoms with Crippen LogP contribution in [-0.4, -0.2) is 34.8 Å². The van der Waals surface area contributed by atoms with Crippen LogP contribution in [0, 0.1) is 13.8 Å². The monoisotopic (exact) mass is 337 g/mol. The summed E-state index contributed by atoms with van der Waals surface area (Å²) in [5, 5.41) is 2.85. The molecule has 0 saturated carbocycles. The van der Waals surface area contributed by atoms with Crippen molar-refractivity contribution < 1.29 is 9.59 Å². The molecule has 130 valence electrons. The van der Waals surface area contributed by atoms with Gasteiger partial charge in [0.15, 0.2) is 0 Å². The molecule has 1 fully saturated rings. The number of likely N-dealkylation sites (tertiary alicyclic amines) is 1. The highest BCUT2D eigenvalue weighted by atomic mass is 16.2. The van der Waals surface area contributed by atoms with Crippen molar-refractivity contribution in [3.8, 4) is 0 Å². The molecule has 1 N–H and O–H groups in total. The number of carbonyl (C=O) groups is 2. The molecule has 1 aliphatic rings. The Balaban J connectivity index is 1.74. The molecule has 3 rings (SSSR count). The number of hydrogen-bond acceptors (Lipinski definition) is 3. The lowest BCUT2D eigenvalue weighted by atomic mass is 10.1. The van der Waals surface area contributed by atoms with Crippen molar-refractivity contribution in [3.05, 3.63) is 58.9 Å². The van der Waals surface area contributed by atoms with E-state index in [0.29, 0.717) is 5.69 Å². The third kappa shape index (κ3) is 4.05. The Bertz CT molecular complexity index is 795. The fourth-order valence-corrected chi connectivity index (χ4v) is 2.95. The van der Waals surface area contributed by atoms with Crippen molar-refractivity contribution in [3.63, 3.8) is 0 Å². The molecular formula is C20H23N3O2. The van der Waals surface area contributed by atoms with Gasteiger partial charge in [0.25, 0.3) is 11.8 Å². The first kappa shape index (κ1) is 17.1. The fourth-order valence-electron chi connectivity index (χ4n) is 2.95. The number of hydrogen-bond donors (Lipinski definition) is 1. The number of rotatable bonds is 3. The maximum Gasteiger partial charge on any atom is 0.274 e. The van der Waals surface area contributed by atoms with Gasteiger partial charge in [0, 0.05) is 18.8 Å². The van der Waals surface area contributed by atoms with Crippen LogP contribution in [0.3, 0.4) is 0 Å².